The third kappa shape index (κ3) is 5.36. The number of esters is 1. The molecule has 180 valence electrons. The maximum atomic E-state index is 13.3. The Morgan fingerprint density at radius 1 is 1.17 bits per heavy atom. The molecule has 0 saturated carbocycles. The average molecular weight is 475 g/mol. The molecule has 1 aliphatic heterocycles. The first-order chi connectivity index (χ1) is 16.8. The van der Waals surface area contributed by atoms with Crippen LogP contribution in [0.15, 0.2) is 76.6 Å². The van der Waals surface area contributed by atoms with Gasteiger partial charge >= 0.3 is 5.97 Å². The average Bonchev–Trinajstić information content (AvgIpc) is 2.84. The van der Waals surface area contributed by atoms with Crippen molar-refractivity contribution in [3.8, 4) is 0 Å². The topological polar surface area (TPSA) is 118 Å². The van der Waals surface area contributed by atoms with Crippen LogP contribution in [0.1, 0.15) is 29.5 Å². The highest BCUT2D eigenvalue weighted by Crippen LogP contribution is 2.41. The number of nitro benzene ring substituents is 1. The molecule has 0 spiro atoms. The second-order valence-electron chi connectivity index (χ2n) is 8.56. The Kier molecular flexibility index (Phi) is 7.17. The minimum Gasteiger partial charge on any atom is -0.464 e. The molecule has 3 aromatic rings. The van der Waals surface area contributed by atoms with Crippen molar-refractivity contribution in [3.05, 3.63) is 104 Å². The van der Waals surface area contributed by atoms with E-state index in [2.05, 4.69) is 9.98 Å². The normalized spacial score (nSPS) is 16.9. The van der Waals surface area contributed by atoms with Gasteiger partial charge in [0.15, 0.2) is 0 Å². The Morgan fingerprint density at radius 2 is 1.94 bits per heavy atom. The van der Waals surface area contributed by atoms with E-state index in [0.717, 1.165) is 5.56 Å². The molecule has 1 aliphatic rings. The van der Waals surface area contributed by atoms with Gasteiger partial charge in [-0.1, -0.05) is 42.5 Å². The highest BCUT2D eigenvalue weighted by molar-refractivity contribution is 6.05. The molecule has 0 fully saturated rings. The third-order valence-electron chi connectivity index (χ3n) is 6.07. The van der Waals surface area contributed by atoms with Crippen LogP contribution in [-0.2, 0) is 16.1 Å². The van der Waals surface area contributed by atoms with E-state index < -0.39 is 28.3 Å². The van der Waals surface area contributed by atoms with Gasteiger partial charge in [-0.25, -0.2) is 0 Å². The van der Waals surface area contributed by atoms with Crippen LogP contribution in [0.25, 0.3) is 0 Å². The third-order valence-corrected chi connectivity index (χ3v) is 6.07. The maximum absolute atomic E-state index is 13.3. The summed E-state index contributed by atoms with van der Waals surface area (Å²) in [6, 6.07) is 17.6. The van der Waals surface area contributed by atoms with Gasteiger partial charge in [0.05, 0.1) is 16.2 Å². The summed E-state index contributed by atoms with van der Waals surface area (Å²) in [5.41, 5.74) is 2.34. The van der Waals surface area contributed by atoms with E-state index in [0.29, 0.717) is 35.6 Å². The number of hydrogen-bond acceptors (Lipinski definition) is 7. The molecule has 4 rings (SSSR count). The van der Waals surface area contributed by atoms with Gasteiger partial charge in [-0.2, -0.15) is 0 Å². The zero-order valence-corrected chi connectivity index (χ0v) is 19.5. The van der Waals surface area contributed by atoms with Gasteiger partial charge in [-0.15, -0.1) is 0 Å². The Labute approximate surface area is 202 Å². The van der Waals surface area contributed by atoms with E-state index >= 15 is 0 Å². The number of nitro groups is 1. The lowest BCUT2D eigenvalue weighted by Crippen LogP contribution is -2.37. The van der Waals surface area contributed by atoms with Crippen LogP contribution < -0.4 is 5.56 Å². The Bertz CT molecular complexity index is 1320. The highest BCUT2D eigenvalue weighted by Gasteiger charge is 2.40. The zero-order chi connectivity index (χ0) is 24.9. The summed E-state index contributed by atoms with van der Waals surface area (Å²) >= 11 is 0. The quantitative estimate of drug-likeness (QED) is 0.301. The first-order valence-electron chi connectivity index (χ1n) is 11.3. The fourth-order valence-electron chi connectivity index (χ4n) is 4.41. The van der Waals surface area contributed by atoms with Crippen LogP contribution in [0, 0.1) is 16.0 Å². The molecule has 2 heterocycles. The number of carbonyl (C=O) groups excluding carboxylic acids is 1. The largest absolute Gasteiger partial charge is 0.464 e. The summed E-state index contributed by atoms with van der Waals surface area (Å²) in [5, 5.41) is 11.4. The first-order valence-corrected chi connectivity index (χ1v) is 11.3. The summed E-state index contributed by atoms with van der Waals surface area (Å²) in [4.78, 5) is 46.2. The van der Waals surface area contributed by atoms with Crippen molar-refractivity contribution in [2.24, 2.45) is 10.9 Å². The van der Waals surface area contributed by atoms with Crippen LogP contribution in [0.5, 0.6) is 0 Å². The molecule has 0 aliphatic carbocycles. The van der Waals surface area contributed by atoms with Crippen molar-refractivity contribution in [2.45, 2.75) is 19.4 Å². The number of benzene rings is 2. The number of non-ortho nitro benzene ring substituents is 1. The smallest absolute Gasteiger partial charge is 0.315 e. The van der Waals surface area contributed by atoms with Crippen molar-refractivity contribution in [2.75, 3.05) is 20.2 Å². The number of carbonyl (C=O) groups is 1. The number of rotatable bonds is 8. The summed E-state index contributed by atoms with van der Waals surface area (Å²) in [5.74, 6) is -2.17. The van der Waals surface area contributed by atoms with Gasteiger partial charge in [-0.05, 0) is 31.2 Å². The number of aromatic nitrogens is 1. The van der Waals surface area contributed by atoms with Crippen molar-refractivity contribution in [1.82, 2.24) is 9.88 Å². The van der Waals surface area contributed by atoms with Crippen LogP contribution in [0.3, 0.4) is 0 Å². The second kappa shape index (κ2) is 10.4. The number of aromatic amines is 1. The van der Waals surface area contributed by atoms with E-state index in [1.54, 1.807) is 25.1 Å². The summed E-state index contributed by atoms with van der Waals surface area (Å²) < 4.78 is 5.64. The molecule has 9 nitrogen and oxygen atoms in total. The van der Waals surface area contributed by atoms with Gasteiger partial charge in [0, 0.05) is 43.0 Å². The van der Waals surface area contributed by atoms with E-state index in [1.165, 1.54) is 18.3 Å². The monoisotopic (exact) mass is 474 g/mol. The SMILES string of the molecule is CC1=Nc2cc[nH]c(=O)c2C(c2cccc([N+](=O)[O-])c2)C1C(=O)OCCN(C)Cc1ccccc1. The summed E-state index contributed by atoms with van der Waals surface area (Å²) in [6.07, 6.45) is 1.49. The van der Waals surface area contributed by atoms with Crippen molar-refractivity contribution < 1.29 is 14.5 Å². The van der Waals surface area contributed by atoms with E-state index in [1.807, 2.05) is 42.3 Å². The lowest BCUT2D eigenvalue weighted by atomic mass is 9.76. The van der Waals surface area contributed by atoms with Gasteiger partial charge in [0.1, 0.15) is 12.5 Å². The predicted molar refractivity (Wildman–Crippen MR) is 132 cm³/mol. The molecular weight excluding hydrogens is 448 g/mol. The van der Waals surface area contributed by atoms with E-state index in [-0.39, 0.29) is 12.3 Å². The highest BCUT2D eigenvalue weighted by atomic mass is 16.6. The number of aliphatic imine (C=N–C) groups is 1. The molecule has 2 unspecified atom stereocenters. The molecule has 0 radical (unpaired) electrons. The lowest BCUT2D eigenvalue weighted by Gasteiger charge is -2.30. The van der Waals surface area contributed by atoms with Crippen LogP contribution in [0.2, 0.25) is 0 Å². The number of ether oxygens (including phenoxy) is 1. The van der Waals surface area contributed by atoms with Gasteiger partial charge in [-0.3, -0.25) is 29.6 Å². The molecule has 0 saturated heterocycles. The lowest BCUT2D eigenvalue weighted by molar-refractivity contribution is -0.384. The fraction of sp³-hybridized carbons (Fsp3) is 0.269. The van der Waals surface area contributed by atoms with Crippen molar-refractivity contribution in [1.29, 1.82) is 0 Å². The maximum Gasteiger partial charge on any atom is 0.315 e. The van der Waals surface area contributed by atoms with Crippen LogP contribution in [-0.4, -0.2) is 46.7 Å². The molecule has 1 N–H and O–H groups in total. The van der Waals surface area contributed by atoms with Crippen molar-refractivity contribution >= 4 is 23.1 Å². The molecule has 9 heteroatoms. The standard InChI is InChI=1S/C26H26N4O5/c1-17-22(26(32)35-14-13-29(2)16-18-7-4-3-5-8-18)23(19-9-6-10-20(15-19)30(33)34)24-21(28-17)11-12-27-25(24)31/h3-12,15,22-23H,13-14,16H2,1-2H3,(H,27,31). The van der Waals surface area contributed by atoms with Gasteiger partial charge in [0.2, 0.25) is 0 Å². The number of H-pyrrole nitrogens is 1. The van der Waals surface area contributed by atoms with E-state index in [9.17, 15) is 19.7 Å². The summed E-state index contributed by atoms with van der Waals surface area (Å²) in [7, 11) is 1.94. The number of fused-ring (bicyclic) bond motifs is 1. The molecule has 0 amide bonds. The number of nitrogens with zero attached hydrogens (tertiary/aromatic N) is 3. The minimum absolute atomic E-state index is 0.119. The van der Waals surface area contributed by atoms with Gasteiger partial charge < -0.3 is 9.72 Å². The minimum atomic E-state index is -0.882. The fourth-order valence-corrected chi connectivity index (χ4v) is 4.41. The van der Waals surface area contributed by atoms with E-state index in [4.69, 9.17) is 4.74 Å². The molecule has 35 heavy (non-hydrogen) atoms. The van der Waals surface area contributed by atoms with Crippen LogP contribution >= 0.6 is 0 Å². The number of likely N-dealkylation sites (N-methyl/N-ethyl adjacent to an activating group) is 1. The predicted octanol–water partition coefficient (Wildman–Crippen LogP) is 3.81. The van der Waals surface area contributed by atoms with Gasteiger partial charge in [0.25, 0.3) is 11.2 Å². The molecule has 1 aromatic heterocycles. The summed E-state index contributed by atoms with van der Waals surface area (Å²) in [6.45, 7) is 3.09. The number of nitrogens with one attached hydrogen (secondary N) is 1. The Morgan fingerprint density at radius 3 is 2.69 bits per heavy atom. The number of pyridine rings is 1. The molecule has 0 bridgehead atoms. The second-order valence-corrected chi connectivity index (χ2v) is 8.56. The molecule has 2 atom stereocenters. The molecular formula is C26H26N4O5. The first kappa shape index (κ1) is 24.0. The Hall–Kier alpha value is -4.11. The van der Waals surface area contributed by atoms with Crippen LogP contribution in [0.4, 0.5) is 11.4 Å². The Balaban J connectivity index is 1.57. The molecule has 2 aromatic carbocycles. The number of hydrogen-bond donors (Lipinski definition) is 1. The zero-order valence-electron chi connectivity index (χ0n) is 19.5. The van der Waals surface area contributed by atoms with Crippen molar-refractivity contribution in [3.63, 3.8) is 0 Å².